The number of hydrogen-bond donors (Lipinski definition) is 0. The van der Waals surface area contributed by atoms with E-state index in [-0.39, 0.29) is 11.5 Å². The molecule has 156 valence electrons. The number of nitrogens with zero attached hydrogens (tertiary/aromatic N) is 5. The topological polar surface area (TPSA) is 84.6 Å². The zero-order valence-corrected chi connectivity index (χ0v) is 17.1. The lowest BCUT2D eigenvalue weighted by atomic mass is 9.90. The highest BCUT2D eigenvalue weighted by molar-refractivity contribution is 5.77. The van der Waals surface area contributed by atoms with E-state index in [0.717, 1.165) is 48.5 Å². The van der Waals surface area contributed by atoms with E-state index in [1.54, 1.807) is 0 Å². The van der Waals surface area contributed by atoms with E-state index in [9.17, 15) is 4.79 Å². The first-order chi connectivity index (χ1) is 14.6. The standard InChI is InChI=1S/C22H25N5O3/c1-16-12-17(30-25-16)14-27-15-22(29-11-6-21(27)28)7-9-26(10-8-22)20-13-23-18-4-2-3-5-19(18)24-20/h2-5,12-13H,6-11,14-15H2,1H3. The Morgan fingerprint density at radius 1 is 1.17 bits per heavy atom. The van der Waals surface area contributed by atoms with Gasteiger partial charge in [0.15, 0.2) is 5.76 Å². The maximum Gasteiger partial charge on any atom is 0.225 e. The summed E-state index contributed by atoms with van der Waals surface area (Å²) in [6.07, 6.45) is 3.91. The third-order valence-corrected chi connectivity index (χ3v) is 6.01. The van der Waals surface area contributed by atoms with Crippen molar-refractivity contribution in [3.8, 4) is 0 Å². The molecule has 2 aliphatic rings. The van der Waals surface area contributed by atoms with Crippen molar-refractivity contribution in [1.29, 1.82) is 0 Å². The summed E-state index contributed by atoms with van der Waals surface area (Å²) in [5.41, 5.74) is 2.30. The number of amides is 1. The molecule has 1 aromatic carbocycles. The molecule has 0 atom stereocenters. The van der Waals surface area contributed by atoms with Crippen molar-refractivity contribution in [2.24, 2.45) is 0 Å². The maximum absolute atomic E-state index is 12.6. The highest BCUT2D eigenvalue weighted by Gasteiger charge is 2.41. The van der Waals surface area contributed by atoms with Gasteiger partial charge in [-0.15, -0.1) is 0 Å². The quantitative estimate of drug-likeness (QED) is 0.660. The minimum Gasteiger partial charge on any atom is -0.372 e. The fourth-order valence-corrected chi connectivity index (χ4v) is 4.36. The molecule has 2 aliphatic heterocycles. The van der Waals surface area contributed by atoms with Gasteiger partial charge >= 0.3 is 0 Å². The fourth-order valence-electron chi connectivity index (χ4n) is 4.36. The van der Waals surface area contributed by atoms with Crippen LogP contribution in [0, 0.1) is 6.92 Å². The largest absolute Gasteiger partial charge is 0.372 e. The van der Waals surface area contributed by atoms with Crippen LogP contribution < -0.4 is 4.90 Å². The van der Waals surface area contributed by atoms with Gasteiger partial charge < -0.3 is 19.1 Å². The molecule has 8 nitrogen and oxygen atoms in total. The summed E-state index contributed by atoms with van der Waals surface area (Å²) in [5.74, 6) is 1.70. The van der Waals surface area contributed by atoms with E-state index >= 15 is 0 Å². The minimum atomic E-state index is -0.331. The number of carbonyl (C=O) groups is 1. The summed E-state index contributed by atoms with van der Waals surface area (Å²) in [6, 6.07) is 9.79. The molecule has 0 aliphatic carbocycles. The number of ether oxygens (including phenoxy) is 1. The van der Waals surface area contributed by atoms with Crippen LogP contribution in [0.1, 0.15) is 30.7 Å². The summed E-state index contributed by atoms with van der Waals surface area (Å²) in [7, 11) is 0. The summed E-state index contributed by atoms with van der Waals surface area (Å²) < 4.78 is 11.6. The van der Waals surface area contributed by atoms with Gasteiger partial charge in [-0.1, -0.05) is 17.3 Å². The second-order valence-corrected chi connectivity index (χ2v) is 8.17. The molecule has 1 amide bonds. The molecule has 0 unspecified atom stereocenters. The third kappa shape index (κ3) is 3.75. The molecule has 0 N–H and O–H groups in total. The van der Waals surface area contributed by atoms with Crippen LogP contribution in [0.3, 0.4) is 0 Å². The van der Waals surface area contributed by atoms with Gasteiger partial charge in [0.05, 0.1) is 54.6 Å². The Morgan fingerprint density at radius 3 is 2.73 bits per heavy atom. The van der Waals surface area contributed by atoms with Gasteiger partial charge in [0.1, 0.15) is 5.82 Å². The number of piperidine rings is 1. The number of carbonyl (C=O) groups excluding carboxylic acids is 1. The molecule has 2 fully saturated rings. The second kappa shape index (κ2) is 7.68. The average Bonchev–Trinajstić information content (AvgIpc) is 3.11. The normalized spacial score (nSPS) is 19.4. The lowest BCUT2D eigenvalue weighted by molar-refractivity contribution is -0.132. The van der Waals surface area contributed by atoms with Crippen LogP contribution in [-0.2, 0) is 16.1 Å². The number of aromatic nitrogens is 3. The summed E-state index contributed by atoms with van der Waals surface area (Å²) >= 11 is 0. The van der Waals surface area contributed by atoms with Crippen molar-refractivity contribution < 1.29 is 14.1 Å². The monoisotopic (exact) mass is 407 g/mol. The van der Waals surface area contributed by atoms with Gasteiger partial charge in [-0.2, -0.15) is 0 Å². The molecular weight excluding hydrogens is 382 g/mol. The van der Waals surface area contributed by atoms with Gasteiger partial charge in [-0.3, -0.25) is 9.78 Å². The van der Waals surface area contributed by atoms with Gasteiger partial charge in [-0.05, 0) is 31.9 Å². The lowest BCUT2D eigenvalue weighted by Crippen LogP contribution is -2.52. The van der Waals surface area contributed by atoms with Crippen molar-refractivity contribution >= 4 is 22.8 Å². The number of hydrogen-bond acceptors (Lipinski definition) is 7. The molecular formula is C22H25N5O3. The lowest BCUT2D eigenvalue weighted by Gasteiger charge is -2.42. The molecule has 2 aromatic heterocycles. The zero-order chi connectivity index (χ0) is 20.6. The predicted molar refractivity (Wildman–Crippen MR) is 111 cm³/mol. The Bertz CT molecular complexity index is 1060. The molecule has 2 saturated heterocycles. The SMILES string of the molecule is Cc1cc(CN2CC3(CCN(c4cnc5ccccc5n4)CC3)OCCC2=O)on1. The first-order valence-electron chi connectivity index (χ1n) is 10.4. The Labute approximate surface area is 174 Å². The highest BCUT2D eigenvalue weighted by atomic mass is 16.5. The van der Waals surface area contributed by atoms with E-state index in [1.807, 2.05) is 48.4 Å². The third-order valence-electron chi connectivity index (χ3n) is 6.01. The molecule has 0 saturated carbocycles. The number of fused-ring (bicyclic) bond motifs is 1. The summed E-state index contributed by atoms with van der Waals surface area (Å²) in [5, 5.41) is 3.94. The molecule has 8 heteroatoms. The molecule has 30 heavy (non-hydrogen) atoms. The van der Waals surface area contributed by atoms with Crippen LogP contribution in [0.15, 0.2) is 41.1 Å². The van der Waals surface area contributed by atoms with E-state index < -0.39 is 0 Å². The van der Waals surface area contributed by atoms with Crippen LogP contribution >= 0.6 is 0 Å². The van der Waals surface area contributed by atoms with Crippen molar-refractivity contribution in [2.75, 3.05) is 31.1 Å². The van der Waals surface area contributed by atoms with E-state index in [4.69, 9.17) is 14.2 Å². The first kappa shape index (κ1) is 19.0. The molecule has 4 heterocycles. The van der Waals surface area contributed by atoms with E-state index in [1.165, 1.54) is 0 Å². The fraction of sp³-hybridized carbons (Fsp3) is 0.455. The molecule has 0 radical (unpaired) electrons. The van der Waals surface area contributed by atoms with Crippen LogP contribution in [0.5, 0.6) is 0 Å². The van der Waals surface area contributed by atoms with Crippen molar-refractivity contribution in [3.63, 3.8) is 0 Å². The number of benzene rings is 1. The Balaban J connectivity index is 1.29. The van der Waals surface area contributed by atoms with Crippen LogP contribution in [0.25, 0.3) is 11.0 Å². The molecule has 5 rings (SSSR count). The highest BCUT2D eigenvalue weighted by Crippen LogP contribution is 2.32. The Kier molecular flexibility index (Phi) is 4.86. The Hall–Kier alpha value is -3.00. The van der Waals surface area contributed by atoms with Crippen molar-refractivity contribution in [3.05, 3.63) is 48.0 Å². The second-order valence-electron chi connectivity index (χ2n) is 8.17. The number of para-hydroxylation sites is 2. The van der Waals surface area contributed by atoms with Crippen LogP contribution in [-0.4, -0.2) is 57.8 Å². The van der Waals surface area contributed by atoms with Crippen LogP contribution in [0.2, 0.25) is 0 Å². The van der Waals surface area contributed by atoms with Gasteiger partial charge in [0.25, 0.3) is 0 Å². The van der Waals surface area contributed by atoms with Crippen molar-refractivity contribution in [2.45, 2.75) is 38.3 Å². The molecule has 0 bridgehead atoms. The average molecular weight is 407 g/mol. The zero-order valence-electron chi connectivity index (χ0n) is 17.1. The Morgan fingerprint density at radius 2 is 1.97 bits per heavy atom. The first-order valence-corrected chi connectivity index (χ1v) is 10.4. The maximum atomic E-state index is 12.6. The molecule has 1 spiro atoms. The van der Waals surface area contributed by atoms with Crippen molar-refractivity contribution in [1.82, 2.24) is 20.0 Å². The number of aryl methyl sites for hydroxylation is 1. The summed E-state index contributed by atoms with van der Waals surface area (Å²) in [4.78, 5) is 26.0. The van der Waals surface area contributed by atoms with E-state index in [0.29, 0.717) is 31.9 Å². The molecule has 3 aromatic rings. The van der Waals surface area contributed by atoms with E-state index in [2.05, 4.69) is 15.0 Å². The number of rotatable bonds is 3. The predicted octanol–water partition coefficient (Wildman–Crippen LogP) is 2.71. The smallest absolute Gasteiger partial charge is 0.225 e. The number of anilines is 1. The minimum absolute atomic E-state index is 0.101. The van der Waals surface area contributed by atoms with Gasteiger partial charge in [0, 0.05) is 19.2 Å². The summed E-state index contributed by atoms with van der Waals surface area (Å²) in [6.45, 7) is 4.98. The van der Waals surface area contributed by atoms with Crippen LogP contribution in [0.4, 0.5) is 5.82 Å². The van der Waals surface area contributed by atoms with Gasteiger partial charge in [-0.25, -0.2) is 4.98 Å². The van der Waals surface area contributed by atoms with Gasteiger partial charge in [0.2, 0.25) is 5.91 Å².